The van der Waals surface area contributed by atoms with E-state index in [4.69, 9.17) is 0 Å². The highest BCUT2D eigenvalue weighted by molar-refractivity contribution is 5.76. The van der Waals surface area contributed by atoms with E-state index in [9.17, 15) is 0 Å². The van der Waals surface area contributed by atoms with Gasteiger partial charge in [0.15, 0.2) is 0 Å². The van der Waals surface area contributed by atoms with Gasteiger partial charge in [0.2, 0.25) is 0 Å². The first-order valence-corrected chi connectivity index (χ1v) is 7.27. The topological polar surface area (TPSA) is 55.6 Å². The van der Waals surface area contributed by atoms with Crippen LogP contribution >= 0.6 is 0 Å². The molecule has 0 aliphatic heterocycles. The van der Waals surface area contributed by atoms with Gasteiger partial charge in [-0.05, 0) is 32.0 Å². The first-order chi connectivity index (χ1) is 10.3. The zero-order valence-electron chi connectivity index (χ0n) is 11.9. The van der Waals surface area contributed by atoms with E-state index in [-0.39, 0.29) is 0 Å². The second-order valence-corrected chi connectivity index (χ2v) is 5.56. The molecule has 0 radical (unpaired) electrons. The number of benzene rings is 1. The monoisotopic (exact) mass is 279 g/mol. The summed E-state index contributed by atoms with van der Waals surface area (Å²) in [6, 6.07) is 9.05. The quantitative estimate of drug-likeness (QED) is 0.800. The molecule has 4 rings (SSSR count). The van der Waals surface area contributed by atoms with Crippen molar-refractivity contribution in [2.45, 2.75) is 24.9 Å². The molecule has 0 amide bonds. The highest BCUT2D eigenvalue weighted by Crippen LogP contribution is 2.32. The minimum Gasteiger partial charge on any atom is -0.317 e. The van der Waals surface area contributed by atoms with E-state index in [0.29, 0.717) is 12.1 Å². The van der Waals surface area contributed by atoms with E-state index in [2.05, 4.69) is 31.3 Å². The fourth-order valence-electron chi connectivity index (χ4n) is 2.81. The van der Waals surface area contributed by atoms with E-state index in [1.54, 1.807) is 0 Å². The molecular weight excluding hydrogens is 262 g/mol. The smallest absolute Gasteiger partial charge is 0.0924 e. The maximum absolute atomic E-state index is 4.66. The van der Waals surface area contributed by atoms with Crippen LogP contribution in [0.3, 0.4) is 0 Å². The van der Waals surface area contributed by atoms with Crippen LogP contribution in [0.15, 0.2) is 42.9 Å². The Morgan fingerprint density at radius 3 is 2.76 bits per heavy atom. The summed E-state index contributed by atoms with van der Waals surface area (Å²) in [5.41, 5.74) is 3.75. The van der Waals surface area contributed by atoms with Crippen molar-refractivity contribution in [2.75, 3.05) is 7.05 Å². The molecule has 1 N–H and O–H groups in total. The number of rotatable bonds is 3. The molecule has 0 atom stereocenters. The normalized spacial score (nSPS) is 21.4. The van der Waals surface area contributed by atoms with Gasteiger partial charge in [0.05, 0.1) is 35.2 Å². The van der Waals surface area contributed by atoms with Crippen LogP contribution in [-0.4, -0.2) is 32.8 Å². The third-order valence-corrected chi connectivity index (χ3v) is 4.24. The molecule has 0 spiro atoms. The molecule has 5 heteroatoms. The molecule has 1 fully saturated rings. The number of para-hydroxylation sites is 2. The van der Waals surface area contributed by atoms with Crippen molar-refractivity contribution in [1.29, 1.82) is 0 Å². The molecule has 2 aromatic heterocycles. The molecule has 2 heterocycles. The average molecular weight is 279 g/mol. The summed E-state index contributed by atoms with van der Waals surface area (Å²) in [6.45, 7) is 0. The van der Waals surface area contributed by atoms with E-state index in [0.717, 1.165) is 35.1 Å². The Hall–Kier alpha value is -2.27. The van der Waals surface area contributed by atoms with Crippen LogP contribution < -0.4 is 5.32 Å². The molecule has 1 saturated carbocycles. The summed E-state index contributed by atoms with van der Waals surface area (Å²) in [7, 11) is 2.01. The van der Waals surface area contributed by atoms with Crippen molar-refractivity contribution < 1.29 is 0 Å². The highest BCUT2D eigenvalue weighted by Gasteiger charge is 2.29. The molecule has 1 aromatic carbocycles. The number of nitrogens with zero attached hydrogens (tertiary/aromatic N) is 4. The van der Waals surface area contributed by atoms with Gasteiger partial charge in [0.25, 0.3) is 0 Å². The summed E-state index contributed by atoms with van der Waals surface area (Å²) in [6.07, 6.45) is 8.06. The van der Waals surface area contributed by atoms with Crippen LogP contribution in [0, 0.1) is 0 Å². The van der Waals surface area contributed by atoms with Crippen LogP contribution in [-0.2, 0) is 0 Å². The zero-order chi connectivity index (χ0) is 14.2. The SMILES string of the molecule is CN[C@H]1C[C@H](n2cc(-c3cnc4ccccc4n3)cn2)C1. The molecule has 3 aromatic rings. The van der Waals surface area contributed by atoms with Crippen molar-refractivity contribution in [3.63, 3.8) is 0 Å². The van der Waals surface area contributed by atoms with Crippen LogP contribution in [0.4, 0.5) is 0 Å². The fourth-order valence-corrected chi connectivity index (χ4v) is 2.81. The predicted molar refractivity (Wildman–Crippen MR) is 81.9 cm³/mol. The second-order valence-electron chi connectivity index (χ2n) is 5.56. The Balaban J connectivity index is 1.62. The molecule has 1 aliphatic carbocycles. The summed E-state index contributed by atoms with van der Waals surface area (Å²) in [4.78, 5) is 9.13. The van der Waals surface area contributed by atoms with Crippen molar-refractivity contribution >= 4 is 11.0 Å². The molecule has 0 unspecified atom stereocenters. The maximum atomic E-state index is 4.66. The Morgan fingerprint density at radius 1 is 1.14 bits per heavy atom. The third kappa shape index (κ3) is 2.19. The Bertz CT molecular complexity index is 773. The number of fused-ring (bicyclic) bond motifs is 1. The van der Waals surface area contributed by atoms with Gasteiger partial charge in [-0.25, -0.2) is 4.98 Å². The number of hydrogen-bond acceptors (Lipinski definition) is 4. The molecule has 0 saturated heterocycles. The van der Waals surface area contributed by atoms with Crippen LogP contribution in [0.5, 0.6) is 0 Å². The van der Waals surface area contributed by atoms with Gasteiger partial charge in [0, 0.05) is 17.8 Å². The number of hydrogen-bond donors (Lipinski definition) is 1. The Morgan fingerprint density at radius 2 is 1.95 bits per heavy atom. The fraction of sp³-hybridized carbons (Fsp3) is 0.312. The van der Waals surface area contributed by atoms with Crippen molar-refractivity contribution in [3.8, 4) is 11.3 Å². The minimum atomic E-state index is 0.504. The average Bonchev–Trinajstić information content (AvgIpc) is 2.95. The van der Waals surface area contributed by atoms with Crippen molar-refractivity contribution in [1.82, 2.24) is 25.1 Å². The lowest BCUT2D eigenvalue weighted by Crippen LogP contribution is -2.40. The molecule has 1 aliphatic rings. The van der Waals surface area contributed by atoms with E-state index in [1.807, 2.05) is 43.7 Å². The summed E-state index contributed by atoms with van der Waals surface area (Å²) in [5, 5.41) is 7.78. The molecule has 106 valence electrons. The molecular formula is C16H17N5. The summed E-state index contributed by atoms with van der Waals surface area (Å²) >= 11 is 0. The summed E-state index contributed by atoms with van der Waals surface area (Å²) < 4.78 is 2.06. The van der Waals surface area contributed by atoms with Gasteiger partial charge in [-0.2, -0.15) is 5.10 Å². The molecule has 5 nitrogen and oxygen atoms in total. The van der Waals surface area contributed by atoms with Gasteiger partial charge in [-0.3, -0.25) is 9.67 Å². The first kappa shape index (κ1) is 12.5. The lowest BCUT2D eigenvalue weighted by atomic mass is 9.87. The minimum absolute atomic E-state index is 0.504. The third-order valence-electron chi connectivity index (χ3n) is 4.24. The van der Waals surface area contributed by atoms with Crippen LogP contribution in [0.1, 0.15) is 18.9 Å². The number of aromatic nitrogens is 4. The van der Waals surface area contributed by atoms with Crippen LogP contribution in [0.25, 0.3) is 22.3 Å². The largest absolute Gasteiger partial charge is 0.317 e. The van der Waals surface area contributed by atoms with Crippen molar-refractivity contribution in [3.05, 3.63) is 42.9 Å². The second kappa shape index (κ2) is 4.93. The summed E-state index contributed by atoms with van der Waals surface area (Å²) in [5.74, 6) is 0. The Labute approximate surface area is 123 Å². The van der Waals surface area contributed by atoms with E-state index in [1.165, 1.54) is 0 Å². The van der Waals surface area contributed by atoms with Crippen LogP contribution in [0.2, 0.25) is 0 Å². The predicted octanol–water partition coefficient (Wildman–Crippen LogP) is 2.42. The van der Waals surface area contributed by atoms with Gasteiger partial charge in [-0.1, -0.05) is 12.1 Å². The number of nitrogens with one attached hydrogen (secondary N) is 1. The lowest BCUT2D eigenvalue weighted by molar-refractivity contribution is 0.220. The van der Waals surface area contributed by atoms with E-state index >= 15 is 0 Å². The maximum Gasteiger partial charge on any atom is 0.0924 e. The Kier molecular flexibility index (Phi) is 2.93. The van der Waals surface area contributed by atoms with Gasteiger partial charge < -0.3 is 5.32 Å². The van der Waals surface area contributed by atoms with E-state index < -0.39 is 0 Å². The van der Waals surface area contributed by atoms with Crippen molar-refractivity contribution in [2.24, 2.45) is 0 Å². The lowest BCUT2D eigenvalue weighted by Gasteiger charge is -2.35. The standard InChI is InChI=1S/C16H17N5/c1-17-12-6-13(7-12)21-10-11(8-19-21)16-9-18-14-4-2-3-5-15(14)20-16/h2-5,8-10,12-13,17H,6-7H2,1H3/t12-,13-. The highest BCUT2D eigenvalue weighted by atomic mass is 15.3. The first-order valence-electron chi connectivity index (χ1n) is 7.27. The van der Waals surface area contributed by atoms with Gasteiger partial charge in [-0.15, -0.1) is 0 Å². The molecule has 21 heavy (non-hydrogen) atoms. The molecule has 0 bridgehead atoms. The van der Waals surface area contributed by atoms with Gasteiger partial charge >= 0.3 is 0 Å². The zero-order valence-corrected chi connectivity index (χ0v) is 11.9. The van der Waals surface area contributed by atoms with Gasteiger partial charge in [0.1, 0.15) is 0 Å².